The lowest BCUT2D eigenvalue weighted by Crippen LogP contribution is -2.07. The largest absolute Gasteiger partial charge is 0.481 e. The van der Waals surface area contributed by atoms with Gasteiger partial charge >= 0.3 is 5.97 Å². The highest BCUT2D eigenvalue weighted by Crippen LogP contribution is 2.27. The minimum absolute atomic E-state index is 0.146. The Hall–Kier alpha value is -0.310. The molecule has 0 radical (unpaired) electrons. The summed E-state index contributed by atoms with van der Waals surface area (Å²) in [5, 5.41) is 8.57. The maximum atomic E-state index is 12.4. The fourth-order valence-electron chi connectivity index (χ4n) is 0.940. The molecule has 0 atom stereocenters. The third-order valence-corrected chi connectivity index (χ3v) is 4.11. The summed E-state index contributed by atoms with van der Waals surface area (Å²) in [6, 6.07) is 1.19. The summed E-state index contributed by atoms with van der Waals surface area (Å²) < 4.78 is 25.7. The lowest BCUT2D eigenvalue weighted by atomic mass is 10.2. The van der Waals surface area contributed by atoms with Gasteiger partial charge in [0.05, 0.1) is 12.1 Å². The first-order chi connectivity index (χ1) is 6.91. The molecule has 1 heterocycles. The van der Waals surface area contributed by atoms with Crippen LogP contribution < -0.4 is 0 Å². The third kappa shape index (κ3) is 3.33. The van der Waals surface area contributed by atoms with E-state index in [-0.39, 0.29) is 12.1 Å². The summed E-state index contributed by atoms with van der Waals surface area (Å²) in [5.74, 6) is -1.10. The van der Waals surface area contributed by atoms with Crippen molar-refractivity contribution in [3.05, 3.63) is 25.5 Å². The highest BCUT2D eigenvalue weighted by atomic mass is 127. The molecule has 1 aromatic heterocycles. The van der Waals surface area contributed by atoms with E-state index in [1.165, 1.54) is 6.07 Å². The van der Waals surface area contributed by atoms with Gasteiger partial charge in [0.2, 0.25) is 0 Å². The molecule has 82 valence electrons. The molecule has 1 rings (SSSR count). The zero-order valence-corrected chi connectivity index (χ0v) is 10.9. The number of carbonyl (C=O) groups is 1. The molecule has 7 heteroatoms. The Labute approximate surface area is 106 Å². The van der Waals surface area contributed by atoms with Gasteiger partial charge < -0.3 is 5.11 Å². The summed E-state index contributed by atoms with van der Waals surface area (Å²) in [6.45, 7) is 0. The number of rotatable bonds is 3. The molecule has 0 aliphatic heterocycles. The van der Waals surface area contributed by atoms with Gasteiger partial charge in [-0.3, -0.25) is 9.78 Å². The average Bonchev–Trinajstić information content (AvgIpc) is 2.11. The minimum atomic E-state index is -2.70. The van der Waals surface area contributed by atoms with Crippen LogP contribution >= 0.6 is 38.5 Å². The molecule has 0 saturated carbocycles. The van der Waals surface area contributed by atoms with E-state index in [0.717, 1.165) is 0 Å². The van der Waals surface area contributed by atoms with Gasteiger partial charge in [0.1, 0.15) is 5.69 Å². The zero-order valence-electron chi connectivity index (χ0n) is 7.18. The molecule has 3 nitrogen and oxygen atoms in total. The Morgan fingerprint density at radius 2 is 2.27 bits per heavy atom. The molecule has 1 N–H and O–H groups in total. The first kappa shape index (κ1) is 12.8. The van der Waals surface area contributed by atoms with Gasteiger partial charge in [0, 0.05) is 8.04 Å². The maximum absolute atomic E-state index is 12.4. The van der Waals surface area contributed by atoms with Gasteiger partial charge in [-0.05, 0) is 44.6 Å². The van der Waals surface area contributed by atoms with Crippen LogP contribution in [0.25, 0.3) is 0 Å². The van der Waals surface area contributed by atoms with Crippen molar-refractivity contribution >= 4 is 44.5 Å². The van der Waals surface area contributed by atoms with Crippen LogP contribution in [0.15, 0.2) is 10.5 Å². The van der Waals surface area contributed by atoms with Crippen molar-refractivity contribution in [2.24, 2.45) is 0 Å². The van der Waals surface area contributed by atoms with Crippen LogP contribution in [0.5, 0.6) is 0 Å². The molecule has 0 aliphatic rings. The third-order valence-electron chi connectivity index (χ3n) is 1.54. The Morgan fingerprint density at radius 3 is 2.73 bits per heavy atom. The molecule has 0 fully saturated rings. The van der Waals surface area contributed by atoms with Crippen molar-refractivity contribution in [3.8, 4) is 0 Å². The fourth-order valence-corrected chi connectivity index (χ4v) is 1.87. The van der Waals surface area contributed by atoms with Gasteiger partial charge in [-0.25, -0.2) is 8.78 Å². The molecule has 0 unspecified atom stereocenters. The molecular formula is C8H5BrF2INO2. The SMILES string of the molecule is O=C(O)Cc1nc(C(F)F)cc(Br)c1I. The number of aromatic nitrogens is 1. The molecule has 0 spiro atoms. The fraction of sp³-hybridized carbons (Fsp3) is 0.250. The van der Waals surface area contributed by atoms with E-state index in [0.29, 0.717) is 8.04 Å². The van der Waals surface area contributed by atoms with Gasteiger partial charge in [0.25, 0.3) is 6.43 Å². The number of nitrogens with zero attached hydrogens (tertiary/aromatic N) is 1. The van der Waals surface area contributed by atoms with Crippen molar-refractivity contribution in [1.82, 2.24) is 4.98 Å². The maximum Gasteiger partial charge on any atom is 0.309 e. The number of pyridine rings is 1. The summed E-state index contributed by atoms with van der Waals surface area (Å²) in [5.41, 5.74) is -0.272. The van der Waals surface area contributed by atoms with Gasteiger partial charge in [-0.15, -0.1) is 0 Å². The highest BCUT2D eigenvalue weighted by Gasteiger charge is 2.16. The lowest BCUT2D eigenvalue weighted by molar-refractivity contribution is -0.136. The van der Waals surface area contributed by atoms with Gasteiger partial charge in [0.15, 0.2) is 0 Å². The van der Waals surface area contributed by atoms with E-state index in [1.807, 2.05) is 22.6 Å². The summed E-state index contributed by atoms with van der Waals surface area (Å²) in [7, 11) is 0. The average molecular weight is 392 g/mol. The van der Waals surface area contributed by atoms with Crippen molar-refractivity contribution in [2.75, 3.05) is 0 Å². The smallest absolute Gasteiger partial charge is 0.309 e. The second kappa shape index (κ2) is 5.15. The topological polar surface area (TPSA) is 50.2 Å². The summed E-state index contributed by atoms with van der Waals surface area (Å²) in [4.78, 5) is 14.1. The molecule has 1 aromatic rings. The number of hydrogen-bond donors (Lipinski definition) is 1. The number of carboxylic acids is 1. The number of aliphatic carboxylic acids is 1. The van der Waals surface area contributed by atoms with Crippen LogP contribution in [0, 0.1) is 3.57 Å². The van der Waals surface area contributed by atoms with Crippen molar-refractivity contribution in [1.29, 1.82) is 0 Å². The summed E-state index contributed by atoms with van der Waals surface area (Å²) in [6.07, 6.45) is -3.07. The quantitative estimate of drug-likeness (QED) is 0.806. The molecule has 0 bridgehead atoms. The number of carboxylic acid groups (broad SMARTS) is 1. The molecular weight excluding hydrogens is 387 g/mol. The van der Waals surface area contributed by atoms with Crippen LogP contribution in [-0.2, 0) is 11.2 Å². The van der Waals surface area contributed by atoms with E-state index >= 15 is 0 Å². The molecule has 0 amide bonds. The predicted molar refractivity (Wildman–Crippen MR) is 61.0 cm³/mol. The standard InChI is InChI=1S/C8H5BrF2INO2/c9-3-1-5(8(10)11)13-4(7(3)12)2-6(14)15/h1,8H,2H2,(H,14,15). The van der Waals surface area contributed by atoms with Gasteiger partial charge in [-0.1, -0.05) is 0 Å². The second-order valence-corrected chi connectivity index (χ2v) is 4.59. The number of hydrogen-bond acceptors (Lipinski definition) is 2. The van der Waals surface area contributed by atoms with Crippen LogP contribution in [0.3, 0.4) is 0 Å². The Kier molecular flexibility index (Phi) is 4.38. The van der Waals surface area contributed by atoms with Crippen molar-refractivity contribution in [3.63, 3.8) is 0 Å². The van der Waals surface area contributed by atoms with Crippen LogP contribution in [0.4, 0.5) is 8.78 Å². The monoisotopic (exact) mass is 391 g/mol. The van der Waals surface area contributed by atoms with Crippen LogP contribution in [-0.4, -0.2) is 16.1 Å². The number of alkyl halides is 2. The van der Waals surface area contributed by atoms with E-state index in [1.54, 1.807) is 0 Å². The Bertz CT molecular complexity index is 400. The zero-order chi connectivity index (χ0) is 11.6. The molecule has 0 aliphatic carbocycles. The number of halogens is 4. The first-order valence-corrected chi connectivity index (χ1v) is 5.63. The second-order valence-electron chi connectivity index (χ2n) is 2.66. The van der Waals surface area contributed by atoms with E-state index in [9.17, 15) is 13.6 Å². The first-order valence-electron chi connectivity index (χ1n) is 3.76. The van der Waals surface area contributed by atoms with Crippen LogP contribution in [0.2, 0.25) is 0 Å². The van der Waals surface area contributed by atoms with E-state index in [4.69, 9.17) is 5.11 Å². The molecule has 0 aromatic carbocycles. The normalized spacial score (nSPS) is 10.7. The van der Waals surface area contributed by atoms with E-state index < -0.39 is 18.1 Å². The predicted octanol–water partition coefficient (Wildman–Crippen LogP) is 3.01. The molecule has 15 heavy (non-hydrogen) atoms. The Balaban J connectivity index is 3.18. The molecule has 0 saturated heterocycles. The lowest BCUT2D eigenvalue weighted by Gasteiger charge is -2.06. The van der Waals surface area contributed by atoms with Crippen molar-refractivity contribution in [2.45, 2.75) is 12.8 Å². The van der Waals surface area contributed by atoms with E-state index in [2.05, 4.69) is 20.9 Å². The van der Waals surface area contributed by atoms with Crippen LogP contribution in [0.1, 0.15) is 17.8 Å². The van der Waals surface area contributed by atoms with Crippen molar-refractivity contribution < 1.29 is 18.7 Å². The minimum Gasteiger partial charge on any atom is -0.481 e. The highest BCUT2D eigenvalue weighted by molar-refractivity contribution is 14.1. The summed E-state index contributed by atoms with van der Waals surface area (Å²) >= 11 is 4.94. The Morgan fingerprint density at radius 1 is 1.67 bits per heavy atom. The van der Waals surface area contributed by atoms with Gasteiger partial charge in [-0.2, -0.15) is 0 Å².